The zero-order chi connectivity index (χ0) is 12.3. The van der Waals surface area contributed by atoms with Crippen molar-refractivity contribution in [3.05, 3.63) is 23.3 Å². The molecule has 0 saturated heterocycles. The Morgan fingerprint density at radius 3 is 3.00 bits per heavy atom. The molecule has 2 rings (SSSR count). The van der Waals surface area contributed by atoms with Crippen LogP contribution in [0.1, 0.15) is 30.1 Å². The van der Waals surface area contributed by atoms with Gasteiger partial charge in [0.2, 0.25) is 0 Å². The summed E-state index contributed by atoms with van der Waals surface area (Å²) in [6, 6.07) is 0. The SMILES string of the molecule is CCCCn1cc(C(=O)O)c(-c2nccs2)n1. The van der Waals surface area contributed by atoms with Gasteiger partial charge in [0.05, 0.1) is 0 Å². The normalized spacial score (nSPS) is 10.6. The van der Waals surface area contributed by atoms with E-state index in [1.807, 2.05) is 5.38 Å². The fourth-order valence-electron chi connectivity index (χ4n) is 1.51. The predicted octanol–water partition coefficient (Wildman–Crippen LogP) is 2.50. The molecule has 0 bridgehead atoms. The number of carbonyl (C=O) groups is 1. The highest BCUT2D eigenvalue weighted by Crippen LogP contribution is 2.24. The molecule has 0 aliphatic rings. The van der Waals surface area contributed by atoms with Crippen molar-refractivity contribution in [3.8, 4) is 10.7 Å². The molecule has 17 heavy (non-hydrogen) atoms. The van der Waals surface area contributed by atoms with Crippen LogP contribution >= 0.6 is 11.3 Å². The summed E-state index contributed by atoms with van der Waals surface area (Å²) in [7, 11) is 0. The highest BCUT2D eigenvalue weighted by molar-refractivity contribution is 7.13. The first-order valence-corrected chi connectivity index (χ1v) is 6.31. The van der Waals surface area contributed by atoms with Crippen LogP contribution in [0.2, 0.25) is 0 Å². The van der Waals surface area contributed by atoms with Crippen LogP contribution in [0.5, 0.6) is 0 Å². The van der Waals surface area contributed by atoms with Gasteiger partial charge in [0.1, 0.15) is 16.3 Å². The van der Waals surface area contributed by atoms with Crippen molar-refractivity contribution in [1.29, 1.82) is 0 Å². The molecule has 0 aromatic carbocycles. The standard InChI is InChI=1S/C11H13N3O2S/c1-2-3-5-14-7-8(11(15)16)9(13-14)10-12-4-6-17-10/h4,6-7H,2-3,5H2,1H3,(H,15,16). The van der Waals surface area contributed by atoms with Crippen molar-refractivity contribution in [2.75, 3.05) is 0 Å². The molecule has 0 radical (unpaired) electrons. The number of aryl methyl sites for hydroxylation is 1. The van der Waals surface area contributed by atoms with Gasteiger partial charge in [-0.3, -0.25) is 4.68 Å². The van der Waals surface area contributed by atoms with Crippen molar-refractivity contribution < 1.29 is 9.90 Å². The average molecular weight is 251 g/mol. The van der Waals surface area contributed by atoms with Gasteiger partial charge in [-0.1, -0.05) is 13.3 Å². The molecule has 0 aliphatic carbocycles. The third-order valence-corrected chi connectivity index (χ3v) is 3.15. The Morgan fingerprint density at radius 1 is 1.59 bits per heavy atom. The molecule has 2 aromatic heterocycles. The monoisotopic (exact) mass is 251 g/mol. The molecule has 1 N–H and O–H groups in total. The Morgan fingerprint density at radius 2 is 2.41 bits per heavy atom. The third-order valence-electron chi connectivity index (χ3n) is 2.37. The number of carboxylic acids is 1. The Hall–Kier alpha value is -1.69. The molecule has 5 nitrogen and oxygen atoms in total. The first kappa shape index (κ1) is 11.8. The second kappa shape index (κ2) is 5.09. The number of aromatic carboxylic acids is 1. The van der Waals surface area contributed by atoms with E-state index in [9.17, 15) is 4.79 Å². The lowest BCUT2D eigenvalue weighted by Gasteiger charge is -1.97. The molecule has 0 atom stereocenters. The minimum absolute atomic E-state index is 0.219. The average Bonchev–Trinajstić information content (AvgIpc) is 2.94. The van der Waals surface area contributed by atoms with E-state index in [0.29, 0.717) is 10.7 Å². The number of unbranched alkanes of at least 4 members (excludes halogenated alkanes) is 1. The van der Waals surface area contributed by atoms with Crippen LogP contribution in [0.15, 0.2) is 17.8 Å². The van der Waals surface area contributed by atoms with Gasteiger partial charge in [-0.2, -0.15) is 5.10 Å². The van der Waals surface area contributed by atoms with Crippen LogP contribution in [0.3, 0.4) is 0 Å². The molecule has 2 heterocycles. The number of hydrogen-bond donors (Lipinski definition) is 1. The van der Waals surface area contributed by atoms with E-state index in [0.717, 1.165) is 19.4 Å². The maximum absolute atomic E-state index is 11.1. The lowest BCUT2D eigenvalue weighted by atomic mass is 10.2. The largest absolute Gasteiger partial charge is 0.478 e. The van der Waals surface area contributed by atoms with Crippen molar-refractivity contribution in [3.63, 3.8) is 0 Å². The minimum Gasteiger partial charge on any atom is -0.478 e. The maximum atomic E-state index is 11.1. The minimum atomic E-state index is -0.960. The van der Waals surface area contributed by atoms with Crippen LogP contribution in [0, 0.1) is 0 Å². The lowest BCUT2D eigenvalue weighted by Crippen LogP contribution is -1.98. The molecule has 0 spiro atoms. The summed E-state index contributed by atoms with van der Waals surface area (Å²) in [5.74, 6) is -0.960. The number of hydrogen-bond acceptors (Lipinski definition) is 4. The van der Waals surface area contributed by atoms with E-state index in [4.69, 9.17) is 5.11 Å². The summed E-state index contributed by atoms with van der Waals surface area (Å²) in [4.78, 5) is 15.2. The quantitative estimate of drug-likeness (QED) is 0.886. The van der Waals surface area contributed by atoms with E-state index in [1.54, 1.807) is 17.1 Å². The number of rotatable bonds is 5. The molecule has 0 aliphatic heterocycles. The van der Waals surface area contributed by atoms with E-state index < -0.39 is 5.97 Å². The van der Waals surface area contributed by atoms with Gasteiger partial charge in [0.15, 0.2) is 0 Å². The zero-order valence-corrected chi connectivity index (χ0v) is 10.3. The smallest absolute Gasteiger partial charge is 0.339 e. The van der Waals surface area contributed by atoms with Crippen LogP contribution < -0.4 is 0 Å². The highest BCUT2D eigenvalue weighted by Gasteiger charge is 2.18. The van der Waals surface area contributed by atoms with Crippen molar-refractivity contribution in [2.45, 2.75) is 26.3 Å². The van der Waals surface area contributed by atoms with Crippen molar-refractivity contribution in [1.82, 2.24) is 14.8 Å². The van der Waals surface area contributed by atoms with Gasteiger partial charge in [-0.05, 0) is 6.42 Å². The van der Waals surface area contributed by atoms with Crippen molar-refractivity contribution >= 4 is 17.3 Å². The summed E-state index contributed by atoms with van der Waals surface area (Å²) in [6.45, 7) is 2.82. The summed E-state index contributed by atoms with van der Waals surface area (Å²) >= 11 is 1.39. The number of nitrogens with zero attached hydrogens (tertiary/aromatic N) is 3. The van der Waals surface area contributed by atoms with Crippen LogP contribution in [-0.4, -0.2) is 25.8 Å². The van der Waals surface area contributed by atoms with Gasteiger partial charge >= 0.3 is 5.97 Å². The van der Waals surface area contributed by atoms with Gasteiger partial charge < -0.3 is 5.11 Å². The maximum Gasteiger partial charge on any atom is 0.339 e. The molecule has 0 saturated carbocycles. The van der Waals surface area contributed by atoms with Crippen LogP contribution in [0.4, 0.5) is 0 Å². The van der Waals surface area contributed by atoms with Gasteiger partial charge in [-0.25, -0.2) is 9.78 Å². The van der Waals surface area contributed by atoms with E-state index >= 15 is 0 Å². The molecular weight excluding hydrogens is 238 g/mol. The van der Waals surface area contributed by atoms with E-state index in [-0.39, 0.29) is 5.56 Å². The van der Waals surface area contributed by atoms with Crippen LogP contribution in [-0.2, 0) is 6.54 Å². The molecule has 2 aromatic rings. The lowest BCUT2D eigenvalue weighted by molar-refractivity contribution is 0.0697. The summed E-state index contributed by atoms with van der Waals surface area (Å²) in [5.41, 5.74) is 0.680. The molecule has 0 fully saturated rings. The Balaban J connectivity index is 2.36. The summed E-state index contributed by atoms with van der Waals surface area (Å²) in [6.07, 6.45) is 5.26. The summed E-state index contributed by atoms with van der Waals surface area (Å²) in [5, 5.41) is 15.9. The second-order valence-electron chi connectivity index (χ2n) is 3.65. The first-order chi connectivity index (χ1) is 8.22. The number of thiazole rings is 1. The predicted molar refractivity (Wildman–Crippen MR) is 65.2 cm³/mol. The summed E-state index contributed by atoms with van der Waals surface area (Å²) < 4.78 is 1.68. The Kier molecular flexibility index (Phi) is 3.53. The zero-order valence-electron chi connectivity index (χ0n) is 9.46. The van der Waals surface area contributed by atoms with E-state index in [1.165, 1.54) is 11.3 Å². The molecule has 0 unspecified atom stereocenters. The molecule has 90 valence electrons. The number of carboxylic acid groups (broad SMARTS) is 1. The second-order valence-corrected chi connectivity index (χ2v) is 4.54. The Labute approximate surface area is 103 Å². The van der Waals surface area contributed by atoms with Crippen molar-refractivity contribution in [2.24, 2.45) is 0 Å². The van der Waals surface area contributed by atoms with Gasteiger partial charge in [0.25, 0.3) is 0 Å². The highest BCUT2D eigenvalue weighted by atomic mass is 32.1. The molecular formula is C11H13N3O2S. The number of aromatic nitrogens is 3. The third kappa shape index (κ3) is 2.52. The molecule has 0 amide bonds. The first-order valence-electron chi connectivity index (χ1n) is 5.43. The topological polar surface area (TPSA) is 68.0 Å². The van der Waals surface area contributed by atoms with Crippen LogP contribution in [0.25, 0.3) is 10.7 Å². The van der Waals surface area contributed by atoms with Gasteiger partial charge in [-0.15, -0.1) is 11.3 Å². The van der Waals surface area contributed by atoms with E-state index in [2.05, 4.69) is 17.0 Å². The van der Waals surface area contributed by atoms with Gasteiger partial charge in [0, 0.05) is 24.3 Å². The Bertz CT molecular complexity index is 505. The molecule has 6 heteroatoms. The fraction of sp³-hybridized carbons (Fsp3) is 0.364. The fourth-order valence-corrected chi connectivity index (χ4v) is 2.15.